The van der Waals surface area contributed by atoms with Crippen molar-refractivity contribution in [3.05, 3.63) is 199 Å². The number of hydrogen-bond acceptors (Lipinski definition) is 2. The van der Waals surface area contributed by atoms with Crippen LogP contribution in [0.2, 0.25) is 0 Å². The van der Waals surface area contributed by atoms with Crippen LogP contribution in [-0.4, -0.2) is 4.57 Å². The summed E-state index contributed by atoms with van der Waals surface area (Å²) in [5.74, 6) is 0. The third-order valence-corrected chi connectivity index (χ3v) is 10.8. The van der Waals surface area contributed by atoms with Gasteiger partial charge < -0.3 is 4.57 Å². The number of hydrogen-bond donors (Lipinski definition) is 0. The standard InChI is InChI=1S/C52H31N3/c53-32-34-27-28-49-47(29-34)42-20-8-9-26-48(42)55(49)52-40(33-54)19-12-25-41(52)38-17-10-15-36(30-38)37-16-11-18-39(31-37)51-45-23-6-4-21-43(45)50(35-13-2-1-3-14-35)44-22-5-7-24-46(44)51/h1-31H. The summed E-state index contributed by atoms with van der Waals surface area (Å²) < 4.78 is 2.18. The van der Waals surface area contributed by atoms with Crippen molar-refractivity contribution in [2.75, 3.05) is 0 Å². The maximum absolute atomic E-state index is 10.5. The van der Waals surface area contributed by atoms with Crippen molar-refractivity contribution in [3.8, 4) is 62.3 Å². The van der Waals surface area contributed by atoms with Crippen LogP contribution in [-0.2, 0) is 0 Å². The summed E-state index contributed by atoms with van der Waals surface area (Å²) in [6, 6.07) is 70.4. The Balaban J connectivity index is 1.15. The zero-order valence-corrected chi connectivity index (χ0v) is 29.7. The van der Waals surface area contributed by atoms with Crippen molar-refractivity contribution < 1.29 is 0 Å². The predicted molar refractivity (Wildman–Crippen MR) is 227 cm³/mol. The van der Waals surface area contributed by atoms with E-state index in [1.165, 1.54) is 38.2 Å². The molecule has 55 heavy (non-hydrogen) atoms. The number of fused-ring (bicyclic) bond motifs is 5. The van der Waals surface area contributed by atoms with Gasteiger partial charge in [-0.15, -0.1) is 0 Å². The molecule has 9 aromatic carbocycles. The lowest BCUT2D eigenvalue weighted by molar-refractivity contribution is 1.17. The summed E-state index contributed by atoms with van der Waals surface area (Å²) in [4.78, 5) is 0. The summed E-state index contributed by atoms with van der Waals surface area (Å²) in [5, 5.41) is 27.1. The molecular weight excluding hydrogens is 667 g/mol. The zero-order valence-electron chi connectivity index (χ0n) is 29.7. The highest BCUT2D eigenvalue weighted by Gasteiger charge is 2.20. The van der Waals surface area contributed by atoms with Gasteiger partial charge in [-0.25, -0.2) is 0 Å². The Bertz CT molecular complexity index is 3170. The molecule has 0 atom stereocenters. The lowest BCUT2D eigenvalue weighted by Gasteiger charge is -2.18. The van der Waals surface area contributed by atoms with Gasteiger partial charge in [-0.05, 0) is 103 Å². The van der Waals surface area contributed by atoms with Crippen LogP contribution in [0, 0.1) is 22.7 Å². The van der Waals surface area contributed by atoms with E-state index in [9.17, 15) is 10.5 Å². The summed E-state index contributed by atoms with van der Waals surface area (Å²) in [6.45, 7) is 0. The molecule has 1 heterocycles. The van der Waals surface area contributed by atoms with Crippen molar-refractivity contribution in [1.29, 1.82) is 10.5 Å². The van der Waals surface area contributed by atoms with Gasteiger partial charge in [-0.3, -0.25) is 0 Å². The zero-order chi connectivity index (χ0) is 36.9. The number of benzene rings is 9. The van der Waals surface area contributed by atoms with Crippen LogP contribution in [0.15, 0.2) is 188 Å². The second kappa shape index (κ2) is 13.0. The van der Waals surface area contributed by atoms with Gasteiger partial charge in [-0.1, -0.05) is 146 Å². The minimum atomic E-state index is 0.578. The highest BCUT2D eigenvalue weighted by Crippen LogP contribution is 2.45. The van der Waals surface area contributed by atoms with E-state index in [0.717, 1.165) is 55.3 Å². The Morgan fingerprint density at radius 2 is 0.855 bits per heavy atom. The average molecular weight is 698 g/mol. The van der Waals surface area contributed by atoms with Crippen LogP contribution in [0.1, 0.15) is 11.1 Å². The van der Waals surface area contributed by atoms with E-state index < -0.39 is 0 Å². The summed E-state index contributed by atoms with van der Waals surface area (Å²) in [7, 11) is 0. The van der Waals surface area contributed by atoms with Gasteiger partial charge in [0.25, 0.3) is 0 Å². The first-order chi connectivity index (χ1) is 27.2. The lowest BCUT2D eigenvalue weighted by atomic mass is 9.85. The molecule has 0 aliphatic heterocycles. The third kappa shape index (κ3) is 5.19. The molecule has 3 nitrogen and oxygen atoms in total. The largest absolute Gasteiger partial charge is 0.307 e. The summed E-state index contributed by atoms with van der Waals surface area (Å²) in [6.07, 6.45) is 0. The first-order valence-corrected chi connectivity index (χ1v) is 18.4. The second-order valence-electron chi connectivity index (χ2n) is 13.9. The predicted octanol–water partition coefficient (Wildman–Crippen LogP) is 13.5. The molecule has 0 bridgehead atoms. The molecule has 0 saturated carbocycles. The van der Waals surface area contributed by atoms with E-state index in [1.807, 2.05) is 42.5 Å². The minimum Gasteiger partial charge on any atom is -0.307 e. The Morgan fingerprint density at radius 3 is 1.51 bits per heavy atom. The maximum atomic E-state index is 10.5. The summed E-state index contributed by atoms with van der Waals surface area (Å²) in [5.41, 5.74) is 12.9. The fourth-order valence-corrected chi connectivity index (χ4v) is 8.47. The molecule has 0 aliphatic carbocycles. The first-order valence-electron chi connectivity index (χ1n) is 18.4. The topological polar surface area (TPSA) is 52.5 Å². The summed E-state index contributed by atoms with van der Waals surface area (Å²) >= 11 is 0. The van der Waals surface area contributed by atoms with Crippen molar-refractivity contribution in [1.82, 2.24) is 4.57 Å². The molecule has 0 radical (unpaired) electrons. The molecule has 0 unspecified atom stereocenters. The molecular formula is C52H31N3. The molecule has 10 aromatic rings. The lowest BCUT2D eigenvalue weighted by Crippen LogP contribution is -2.01. The van der Waals surface area contributed by atoms with Gasteiger partial charge in [0.1, 0.15) is 6.07 Å². The van der Waals surface area contributed by atoms with E-state index >= 15 is 0 Å². The number of nitriles is 2. The molecule has 10 rings (SSSR count). The minimum absolute atomic E-state index is 0.578. The van der Waals surface area contributed by atoms with Gasteiger partial charge in [-0.2, -0.15) is 10.5 Å². The number of aromatic nitrogens is 1. The first kappa shape index (κ1) is 32.0. The van der Waals surface area contributed by atoms with E-state index in [-0.39, 0.29) is 0 Å². The van der Waals surface area contributed by atoms with E-state index in [2.05, 4.69) is 162 Å². The molecule has 0 fully saturated rings. The molecule has 0 saturated heterocycles. The normalized spacial score (nSPS) is 11.2. The van der Waals surface area contributed by atoms with E-state index in [1.54, 1.807) is 0 Å². The van der Waals surface area contributed by atoms with Crippen LogP contribution in [0.5, 0.6) is 0 Å². The fraction of sp³-hybridized carbons (Fsp3) is 0. The Hall–Kier alpha value is -7.72. The second-order valence-corrected chi connectivity index (χ2v) is 13.9. The molecule has 0 aliphatic rings. The monoisotopic (exact) mass is 697 g/mol. The Labute approximate surface area is 318 Å². The third-order valence-electron chi connectivity index (χ3n) is 10.8. The van der Waals surface area contributed by atoms with Gasteiger partial charge in [0, 0.05) is 16.3 Å². The van der Waals surface area contributed by atoms with E-state index in [0.29, 0.717) is 11.1 Å². The SMILES string of the molecule is N#Cc1ccc2c(c1)c1ccccc1n2-c1c(C#N)cccc1-c1cccc(-c2cccc(-c3c4ccccc4c(-c4ccccc4)c4ccccc34)c2)c1. The Morgan fingerprint density at radius 1 is 0.345 bits per heavy atom. The molecule has 1 aromatic heterocycles. The maximum Gasteiger partial charge on any atom is 0.101 e. The van der Waals surface area contributed by atoms with Crippen LogP contribution in [0.4, 0.5) is 0 Å². The van der Waals surface area contributed by atoms with Crippen LogP contribution < -0.4 is 0 Å². The number of rotatable bonds is 5. The van der Waals surface area contributed by atoms with Gasteiger partial charge in [0.15, 0.2) is 0 Å². The van der Waals surface area contributed by atoms with Crippen molar-refractivity contribution in [3.63, 3.8) is 0 Å². The highest BCUT2D eigenvalue weighted by molar-refractivity contribution is 6.21. The van der Waals surface area contributed by atoms with Gasteiger partial charge in [0.05, 0.1) is 33.9 Å². The van der Waals surface area contributed by atoms with Crippen molar-refractivity contribution in [2.45, 2.75) is 0 Å². The molecule has 0 N–H and O–H groups in total. The van der Waals surface area contributed by atoms with Gasteiger partial charge >= 0.3 is 0 Å². The van der Waals surface area contributed by atoms with E-state index in [4.69, 9.17) is 0 Å². The quantitative estimate of drug-likeness (QED) is 0.168. The molecule has 0 spiro atoms. The molecule has 0 amide bonds. The van der Waals surface area contributed by atoms with Crippen LogP contribution >= 0.6 is 0 Å². The van der Waals surface area contributed by atoms with Crippen LogP contribution in [0.3, 0.4) is 0 Å². The Kier molecular flexibility index (Phi) is 7.58. The number of para-hydroxylation sites is 2. The van der Waals surface area contributed by atoms with Crippen molar-refractivity contribution in [2.24, 2.45) is 0 Å². The fourth-order valence-electron chi connectivity index (χ4n) is 8.47. The van der Waals surface area contributed by atoms with Crippen LogP contribution in [0.25, 0.3) is 93.5 Å². The smallest absolute Gasteiger partial charge is 0.101 e. The van der Waals surface area contributed by atoms with Crippen molar-refractivity contribution >= 4 is 43.4 Å². The molecule has 3 heteroatoms. The highest BCUT2D eigenvalue weighted by atomic mass is 15.0. The average Bonchev–Trinajstić information content (AvgIpc) is 3.58. The number of nitrogens with zero attached hydrogens (tertiary/aromatic N) is 3. The van der Waals surface area contributed by atoms with Gasteiger partial charge in [0.2, 0.25) is 0 Å². The molecule has 254 valence electrons.